The number of alkyl halides is 2. The lowest BCUT2D eigenvalue weighted by Crippen LogP contribution is -2.54. The van der Waals surface area contributed by atoms with Gasteiger partial charge >= 0.3 is 0 Å². The SMILES string of the molecule is O=C1CCC(N2C(=O)c3ccc(CNCC4CNCC4(F)F)cc3C2=O)C(=O)N1. The Kier molecular flexibility index (Phi) is 4.91. The third kappa shape index (κ3) is 3.53. The zero-order chi connectivity index (χ0) is 20.8. The summed E-state index contributed by atoms with van der Waals surface area (Å²) in [5, 5.41) is 7.78. The van der Waals surface area contributed by atoms with E-state index >= 15 is 0 Å². The number of halogens is 2. The van der Waals surface area contributed by atoms with Crippen LogP contribution in [0.5, 0.6) is 0 Å². The van der Waals surface area contributed by atoms with Gasteiger partial charge in [-0.25, -0.2) is 8.78 Å². The summed E-state index contributed by atoms with van der Waals surface area (Å²) < 4.78 is 27.3. The summed E-state index contributed by atoms with van der Waals surface area (Å²) in [5.41, 5.74) is 1.03. The van der Waals surface area contributed by atoms with Crippen LogP contribution in [0.4, 0.5) is 8.78 Å². The van der Waals surface area contributed by atoms with Crippen molar-refractivity contribution < 1.29 is 28.0 Å². The first kappa shape index (κ1) is 19.6. The molecule has 1 aromatic carbocycles. The number of carbonyl (C=O) groups is 4. The maximum Gasteiger partial charge on any atom is 0.265 e. The number of nitrogens with one attached hydrogen (secondary N) is 3. The molecule has 0 radical (unpaired) electrons. The first-order valence-corrected chi connectivity index (χ1v) is 9.41. The van der Waals surface area contributed by atoms with Crippen LogP contribution in [0.25, 0.3) is 0 Å². The number of fused-ring (bicyclic) bond motifs is 1. The van der Waals surface area contributed by atoms with E-state index in [1.165, 1.54) is 6.07 Å². The Hall–Kier alpha value is -2.72. The zero-order valence-electron chi connectivity index (χ0n) is 15.5. The van der Waals surface area contributed by atoms with E-state index in [4.69, 9.17) is 0 Å². The van der Waals surface area contributed by atoms with Crippen LogP contribution in [0, 0.1) is 5.92 Å². The summed E-state index contributed by atoms with van der Waals surface area (Å²) in [6, 6.07) is 3.68. The smallest absolute Gasteiger partial charge is 0.265 e. The average Bonchev–Trinajstić information content (AvgIpc) is 3.12. The maximum atomic E-state index is 13.6. The molecule has 0 saturated carbocycles. The number of benzene rings is 1. The van der Waals surface area contributed by atoms with Crippen LogP contribution >= 0.6 is 0 Å². The van der Waals surface area contributed by atoms with Gasteiger partial charge in [0.1, 0.15) is 6.04 Å². The highest BCUT2D eigenvalue weighted by atomic mass is 19.3. The molecule has 0 spiro atoms. The van der Waals surface area contributed by atoms with Crippen molar-refractivity contribution in [3.8, 4) is 0 Å². The molecule has 3 aliphatic rings. The summed E-state index contributed by atoms with van der Waals surface area (Å²) >= 11 is 0. The number of hydrogen-bond acceptors (Lipinski definition) is 6. The molecule has 3 N–H and O–H groups in total. The van der Waals surface area contributed by atoms with Gasteiger partial charge in [0.15, 0.2) is 0 Å². The van der Waals surface area contributed by atoms with Gasteiger partial charge in [0.2, 0.25) is 11.8 Å². The Balaban J connectivity index is 1.44. The van der Waals surface area contributed by atoms with Gasteiger partial charge in [-0.15, -0.1) is 0 Å². The van der Waals surface area contributed by atoms with E-state index in [1.807, 2.05) is 0 Å². The van der Waals surface area contributed by atoms with Gasteiger partial charge in [-0.3, -0.25) is 29.4 Å². The topological polar surface area (TPSA) is 108 Å². The van der Waals surface area contributed by atoms with Crippen molar-refractivity contribution in [2.24, 2.45) is 5.92 Å². The maximum absolute atomic E-state index is 13.6. The standard InChI is InChI=1S/C19H20F2N4O4/c20-19(21)9-23-8-11(19)7-22-6-10-1-2-12-13(5-10)18(29)25(17(12)28)14-3-4-15(26)24-16(14)27/h1-2,5,11,14,22-23H,3-4,6-9H2,(H,24,26,27). The molecule has 4 rings (SSSR count). The highest BCUT2D eigenvalue weighted by molar-refractivity contribution is 6.23. The number of rotatable bonds is 5. The molecular weight excluding hydrogens is 386 g/mol. The van der Waals surface area contributed by atoms with E-state index in [2.05, 4.69) is 16.0 Å². The lowest BCUT2D eigenvalue weighted by atomic mass is 10.0. The molecule has 2 unspecified atom stereocenters. The summed E-state index contributed by atoms with van der Waals surface area (Å²) in [6.07, 6.45) is 0.147. The molecule has 0 aromatic heterocycles. The van der Waals surface area contributed by atoms with Gasteiger partial charge in [0.25, 0.3) is 17.7 Å². The monoisotopic (exact) mass is 406 g/mol. The minimum absolute atomic E-state index is 0.0552. The third-order valence-electron chi connectivity index (χ3n) is 5.57. The van der Waals surface area contributed by atoms with Gasteiger partial charge in [-0.05, 0) is 24.1 Å². The fourth-order valence-corrected chi connectivity index (χ4v) is 3.95. The highest BCUT2D eigenvalue weighted by Crippen LogP contribution is 2.29. The van der Waals surface area contributed by atoms with Crippen molar-refractivity contribution in [1.29, 1.82) is 0 Å². The van der Waals surface area contributed by atoms with E-state index in [0.29, 0.717) is 5.56 Å². The number of imide groups is 2. The van der Waals surface area contributed by atoms with Crippen molar-refractivity contribution in [1.82, 2.24) is 20.9 Å². The summed E-state index contributed by atoms with van der Waals surface area (Å²) in [7, 11) is 0. The van der Waals surface area contributed by atoms with Crippen LogP contribution in [0.2, 0.25) is 0 Å². The highest BCUT2D eigenvalue weighted by Gasteiger charge is 2.45. The van der Waals surface area contributed by atoms with Crippen LogP contribution in [0.3, 0.4) is 0 Å². The van der Waals surface area contributed by atoms with Gasteiger partial charge in [-0.2, -0.15) is 0 Å². The quantitative estimate of drug-likeness (QED) is 0.596. The van der Waals surface area contributed by atoms with Crippen LogP contribution in [-0.2, 0) is 16.1 Å². The first-order valence-electron chi connectivity index (χ1n) is 9.41. The van der Waals surface area contributed by atoms with Gasteiger partial charge in [-0.1, -0.05) is 6.07 Å². The van der Waals surface area contributed by atoms with Crippen molar-refractivity contribution in [2.75, 3.05) is 19.6 Å². The molecule has 10 heteroatoms. The fourth-order valence-electron chi connectivity index (χ4n) is 3.95. The molecule has 154 valence electrons. The third-order valence-corrected chi connectivity index (χ3v) is 5.57. The van der Waals surface area contributed by atoms with E-state index in [1.54, 1.807) is 12.1 Å². The molecule has 1 aromatic rings. The van der Waals surface area contributed by atoms with Crippen LogP contribution in [0.15, 0.2) is 18.2 Å². The minimum atomic E-state index is -2.75. The van der Waals surface area contributed by atoms with Crippen molar-refractivity contribution >= 4 is 23.6 Å². The van der Waals surface area contributed by atoms with Gasteiger partial charge in [0, 0.05) is 32.0 Å². The van der Waals surface area contributed by atoms with E-state index in [0.717, 1.165) is 4.90 Å². The summed E-state index contributed by atoms with van der Waals surface area (Å²) in [4.78, 5) is 49.7. The predicted molar refractivity (Wildman–Crippen MR) is 96.1 cm³/mol. The molecule has 8 nitrogen and oxygen atoms in total. The van der Waals surface area contributed by atoms with E-state index in [-0.39, 0.29) is 50.1 Å². The lowest BCUT2D eigenvalue weighted by Gasteiger charge is -2.27. The second kappa shape index (κ2) is 7.27. The zero-order valence-corrected chi connectivity index (χ0v) is 15.5. The molecule has 4 amide bonds. The normalized spacial score (nSPS) is 26.1. The molecule has 29 heavy (non-hydrogen) atoms. The Morgan fingerprint density at radius 2 is 1.90 bits per heavy atom. The van der Waals surface area contributed by atoms with Crippen LogP contribution < -0.4 is 16.0 Å². The Labute approximate surface area is 165 Å². The molecule has 2 saturated heterocycles. The van der Waals surface area contributed by atoms with Crippen LogP contribution in [-0.4, -0.2) is 60.1 Å². The average molecular weight is 406 g/mol. The van der Waals surface area contributed by atoms with Crippen molar-refractivity contribution in [3.63, 3.8) is 0 Å². The van der Waals surface area contributed by atoms with E-state index in [9.17, 15) is 28.0 Å². The molecule has 2 atom stereocenters. The first-order chi connectivity index (χ1) is 13.8. The summed E-state index contributed by atoms with van der Waals surface area (Å²) in [5.74, 6) is -5.81. The number of piperidine rings is 1. The Morgan fingerprint density at radius 3 is 2.59 bits per heavy atom. The molecule has 3 aliphatic heterocycles. The predicted octanol–water partition coefficient (Wildman–Crippen LogP) is 0.0321. The number of hydrogen-bond donors (Lipinski definition) is 3. The van der Waals surface area contributed by atoms with Crippen molar-refractivity contribution in [3.05, 3.63) is 34.9 Å². The van der Waals surface area contributed by atoms with Crippen LogP contribution in [0.1, 0.15) is 39.1 Å². The van der Waals surface area contributed by atoms with E-state index < -0.39 is 41.5 Å². The molecule has 0 bridgehead atoms. The lowest BCUT2D eigenvalue weighted by molar-refractivity contribution is -0.136. The Bertz CT molecular complexity index is 904. The van der Waals surface area contributed by atoms with Gasteiger partial charge in [0.05, 0.1) is 17.7 Å². The number of amides is 4. The molecule has 0 aliphatic carbocycles. The molecular formula is C19H20F2N4O4. The number of nitrogens with zero attached hydrogens (tertiary/aromatic N) is 1. The number of carbonyl (C=O) groups excluding carboxylic acids is 4. The molecule has 3 heterocycles. The molecule has 2 fully saturated rings. The fraction of sp³-hybridized carbons (Fsp3) is 0.474. The largest absolute Gasteiger partial charge is 0.312 e. The van der Waals surface area contributed by atoms with Gasteiger partial charge < -0.3 is 10.6 Å². The minimum Gasteiger partial charge on any atom is -0.312 e. The second-order valence-corrected chi connectivity index (χ2v) is 7.55. The second-order valence-electron chi connectivity index (χ2n) is 7.55. The summed E-state index contributed by atoms with van der Waals surface area (Å²) in [6.45, 7) is 0.287. The van der Waals surface area contributed by atoms with Crippen molar-refractivity contribution in [2.45, 2.75) is 31.4 Å². The Morgan fingerprint density at radius 1 is 1.14 bits per heavy atom.